The highest BCUT2D eigenvalue weighted by Crippen LogP contribution is 2.31. The first-order valence-corrected chi connectivity index (χ1v) is 10.3. The molecule has 1 heterocycles. The summed E-state index contributed by atoms with van der Waals surface area (Å²) < 4.78 is 2.17. The van der Waals surface area contributed by atoms with Gasteiger partial charge in [0.2, 0.25) is 0 Å². The Morgan fingerprint density at radius 2 is 1.54 bits per heavy atom. The molecule has 0 fully saturated rings. The van der Waals surface area contributed by atoms with Crippen LogP contribution in [0.4, 0.5) is 5.69 Å². The Hall–Kier alpha value is -1.01. The molecule has 0 saturated carbocycles. The van der Waals surface area contributed by atoms with Gasteiger partial charge in [-0.25, -0.2) is 0 Å². The van der Waals surface area contributed by atoms with Crippen molar-refractivity contribution in [3.05, 3.63) is 62.7 Å². The van der Waals surface area contributed by atoms with E-state index in [1.54, 1.807) is 5.56 Å². The third-order valence-electron chi connectivity index (χ3n) is 4.61. The van der Waals surface area contributed by atoms with Crippen molar-refractivity contribution in [1.82, 2.24) is 4.98 Å². The molecule has 4 N–H and O–H groups in total. The van der Waals surface area contributed by atoms with Crippen molar-refractivity contribution in [1.29, 1.82) is 0 Å². The van der Waals surface area contributed by atoms with E-state index in [1.165, 1.54) is 59.6 Å². The molecule has 1 aliphatic rings. The summed E-state index contributed by atoms with van der Waals surface area (Å²) in [5, 5.41) is 1.42. The quantitative estimate of drug-likeness (QED) is 0.255. The van der Waals surface area contributed by atoms with Crippen LogP contribution in [0.5, 0.6) is 0 Å². The van der Waals surface area contributed by atoms with Crippen molar-refractivity contribution < 1.29 is 0 Å². The van der Waals surface area contributed by atoms with Crippen LogP contribution < -0.4 is 11.3 Å². The Morgan fingerprint density at radius 1 is 0.846 bits per heavy atom. The van der Waals surface area contributed by atoms with E-state index < -0.39 is 0 Å². The molecule has 1 aromatic heterocycles. The van der Waals surface area contributed by atoms with Gasteiger partial charge in [-0.15, -0.1) is 12.4 Å². The van der Waals surface area contributed by atoms with Gasteiger partial charge in [-0.3, -0.25) is 5.84 Å². The number of halogens is 3. The lowest BCUT2D eigenvalue weighted by molar-refractivity contribution is 0.614. The Kier molecular flexibility index (Phi) is 8.48. The van der Waals surface area contributed by atoms with Crippen molar-refractivity contribution in [2.45, 2.75) is 38.5 Å². The summed E-state index contributed by atoms with van der Waals surface area (Å²) in [4.78, 5) is 3.61. The van der Waals surface area contributed by atoms with Gasteiger partial charge in [0.1, 0.15) is 0 Å². The summed E-state index contributed by atoms with van der Waals surface area (Å²) in [5.41, 5.74) is 7.77. The Labute approximate surface area is 177 Å². The van der Waals surface area contributed by atoms with Crippen molar-refractivity contribution >= 4 is 60.9 Å². The van der Waals surface area contributed by atoms with Crippen LogP contribution in [0.1, 0.15) is 36.9 Å². The van der Waals surface area contributed by atoms with Crippen LogP contribution in [0.15, 0.2) is 51.4 Å². The number of hydrogen-bond donors (Lipinski definition) is 3. The van der Waals surface area contributed by atoms with Crippen LogP contribution >= 0.6 is 44.3 Å². The van der Waals surface area contributed by atoms with Gasteiger partial charge in [-0.2, -0.15) is 0 Å². The minimum atomic E-state index is 0. The number of H-pyrrole nitrogens is 1. The number of hydrogen-bond acceptors (Lipinski definition) is 2. The summed E-state index contributed by atoms with van der Waals surface area (Å²) in [7, 11) is 0. The summed E-state index contributed by atoms with van der Waals surface area (Å²) >= 11 is 6.94. The maximum absolute atomic E-state index is 5.17. The van der Waals surface area contributed by atoms with Crippen molar-refractivity contribution in [2.75, 3.05) is 5.43 Å². The maximum Gasteiger partial charge on any atom is 0.0627 e. The molecule has 4 rings (SSSR count). The smallest absolute Gasteiger partial charge is 0.0627 e. The number of rotatable bonds is 1. The van der Waals surface area contributed by atoms with Gasteiger partial charge in [-0.05, 0) is 81.3 Å². The minimum Gasteiger partial charge on any atom is -0.357 e. The van der Waals surface area contributed by atoms with Crippen LogP contribution in [0.2, 0.25) is 0 Å². The lowest BCUT2D eigenvalue weighted by Crippen LogP contribution is -2.06. The lowest BCUT2D eigenvalue weighted by atomic mass is 9.97. The van der Waals surface area contributed by atoms with Crippen molar-refractivity contribution in [3.8, 4) is 0 Å². The summed E-state index contributed by atoms with van der Waals surface area (Å²) in [6.45, 7) is 0. The van der Waals surface area contributed by atoms with Crippen LogP contribution in [-0.2, 0) is 12.8 Å². The number of hydrazine groups is 1. The number of fused-ring (bicyclic) bond motifs is 3. The monoisotopic (exact) mass is 499 g/mol. The lowest BCUT2D eigenvalue weighted by Gasteiger charge is -2.09. The molecule has 0 unspecified atom stereocenters. The molecule has 0 spiro atoms. The van der Waals surface area contributed by atoms with Gasteiger partial charge in [0.25, 0.3) is 0 Å². The number of para-hydroxylation sites is 2. The highest BCUT2D eigenvalue weighted by Gasteiger charge is 2.14. The van der Waals surface area contributed by atoms with Crippen LogP contribution in [-0.4, -0.2) is 4.98 Å². The molecule has 140 valence electrons. The van der Waals surface area contributed by atoms with Gasteiger partial charge in [-0.1, -0.05) is 37.1 Å². The number of anilines is 1. The molecule has 0 radical (unpaired) electrons. The SMILES string of the molecule is Brc1cccc2c3c([nH]c12)CCCCCC3.Cl.NNc1ccccc1Br. The predicted octanol–water partition coefficient (Wildman–Crippen LogP) is 6.75. The van der Waals surface area contributed by atoms with E-state index >= 15 is 0 Å². The molecule has 6 heteroatoms. The maximum atomic E-state index is 5.17. The highest BCUT2D eigenvalue weighted by molar-refractivity contribution is 9.11. The van der Waals surface area contributed by atoms with Gasteiger partial charge < -0.3 is 10.4 Å². The Morgan fingerprint density at radius 3 is 2.23 bits per heavy atom. The third kappa shape index (κ3) is 5.03. The number of aromatic nitrogens is 1. The summed E-state index contributed by atoms with van der Waals surface area (Å²) in [6.07, 6.45) is 7.90. The van der Waals surface area contributed by atoms with E-state index in [-0.39, 0.29) is 12.4 Å². The molecular formula is C20H24Br2ClN3. The van der Waals surface area contributed by atoms with E-state index in [4.69, 9.17) is 5.84 Å². The number of nitrogens with two attached hydrogens (primary N) is 1. The number of nitrogens with one attached hydrogen (secondary N) is 2. The first-order valence-electron chi connectivity index (χ1n) is 8.70. The van der Waals surface area contributed by atoms with Crippen molar-refractivity contribution in [3.63, 3.8) is 0 Å². The van der Waals surface area contributed by atoms with E-state index in [0.29, 0.717) is 0 Å². The van der Waals surface area contributed by atoms with E-state index in [2.05, 4.69) is 60.5 Å². The van der Waals surface area contributed by atoms with E-state index in [1.807, 2.05) is 24.3 Å². The fourth-order valence-corrected chi connectivity index (χ4v) is 4.19. The number of benzene rings is 2. The second-order valence-electron chi connectivity index (χ2n) is 6.28. The summed E-state index contributed by atoms with van der Waals surface area (Å²) in [5.74, 6) is 5.17. The van der Waals surface area contributed by atoms with Crippen LogP contribution in [0.25, 0.3) is 10.9 Å². The van der Waals surface area contributed by atoms with E-state index in [9.17, 15) is 0 Å². The average Bonchev–Trinajstić information content (AvgIpc) is 2.94. The van der Waals surface area contributed by atoms with Gasteiger partial charge in [0.15, 0.2) is 0 Å². The second-order valence-corrected chi connectivity index (χ2v) is 7.99. The zero-order valence-corrected chi connectivity index (χ0v) is 18.5. The topological polar surface area (TPSA) is 53.8 Å². The van der Waals surface area contributed by atoms with Crippen LogP contribution in [0.3, 0.4) is 0 Å². The fraction of sp³-hybridized carbons (Fsp3) is 0.300. The molecule has 2 aromatic carbocycles. The zero-order chi connectivity index (χ0) is 17.6. The zero-order valence-electron chi connectivity index (χ0n) is 14.5. The Bertz CT molecular complexity index is 848. The molecule has 3 nitrogen and oxygen atoms in total. The molecule has 0 saturated heterocycles. The largest absolute Gasteiger partial charge is 0.357 e. The molecule has 0 bridgehead atoms. The van der Waals surface area contributed by atoms with Gasteiger partial charge in [0, 0.05) is 20.0 Å². The van der Waals surface area contributed by atoms with Crippen molar-refractivity contribution in [2.24, 2.45) is 5.84 Å². The molecular weight excluding hydrogens is 478 g/mol. The first kappa shape index (κ1) is 21.3. The normalized spacial score (nSPS) is 13.5. The second kappa shape index (κ2) is 10.4. The Balaban J connectivity index is 0.000000210. The van der Waals surface area contributed by atoms with Gasteiger partial charge in [0.05, 0.1) is 11.2 Å². The average molecular weight is 502 g/mol. The summed E-state index contributed by atoms with van der Waals surface area (Å²) in [6, 6.07) is 14.2. The third-order valence-corrected chi connectivity index (χ3v) is 5.96. The number of nitrogen functional groups attached to an aromatic ring is 1. The number of aryl methyl sites for hydroxylation is 2. The first-order chi connectivity index (χ1) is 12.2. The fourth-order valence-electron chi connectivity index (χ4n) is 3.33. The molecule has 0 atom stereocenters. The van der Waals surface area contributed by atoms with E-state index in [0.717, 1.165) is 10.2 Å². The van der Waals surface area contributed by atoms with Gasteiger partial charge >= 0.3 is 0 Å². The molecule has 1 aliphatic carbocycles. The molecule has 26 heavy (non-hydrogen) atoms. The van der Waals surface area contributed by atoms with Crippen LogP contribution in [0, 0.1) is 0 Å². The predicted molar refractivity (Wildman–Crippen MR) is 121 cm³/mol. The molecule has 0 amide bonds. The number of aromatic amines is 1. The highest BCUT2D eigenvalue weighted by atomic mass is 79.9. The molecule has 3 aromatic rings. The standard InChI is InChI=1S/C14H16BrN.C6H7BrN2.ClH/c15-12-8-5-7-11-10-6-3-1-2-4-9-13(10)16-14(11)12;7-5-3-1-2-4-6(5)9-8;/h5,7-8,16H,1-4,6,9H2;1-4,9H,8H2;1H. The molecule has 0 aliphatic heterocycles. The minimum absolute atomic E-state index is 0.